The molecule has 0 aliphatic carbocycles. The van der Waals surface area contributed by atoms with Crippen molar-refractivity contribution in [3.63, 3.8) is 0 Å². The van der Waals surface area contributed by atoms with Crippen molar-refractivity contribution < 1.29 is 19.4 Å². The van der Waals surface area contributed by atoms with Gasteiger partial charge in [-0.25, -0.2) is 9.78 Å². The number of thiazole rings is 1. The molecule has 23 heavy (non-hydrogen) atoms. The molecule has 0 fully saturated rings. The summed E-state index contributed by atoms with van der Waals surface area (Å²) >= 11 is 1.43. The van der Waals surface area contributed by atoms with Gasteiger partial charge in [-0.2, -0.15) is 0 Å². The van der Waals surface area contributed by atoms with E-state index in [2.05, 4.69) is 10.3 Å². The summed E-state index contributed by atoms with van der Waals surface area (Å²) in [4.78, 5) is 28.5. The van der Waals surface area contributed by atoms with Gasteiger partial charge >= 0.3 is 5.97 Å². The van der Waals surface area contributed by atoms with Gasteiger partial charge in [-0.05, 0) is 45.9 Å². The van der Waals surface area contributed by atoms with Crippen molar-refractivity contribution in [1.29, 1.82) is 0 Å². The molecule has 122 valence electrons. The molecule has 0 saturated heterocycles. The predicted molar refractivity (Wildman–Crippen MR) is 88.7 cm³/mol. The number of hydrogen-bond acceptors (Lipinski definition) is 5. The number of carboxylic acids is 1. The van der Waals surface area contributed by atoms with E-state index < -0.39 is 5.97 Å². The fourth-order valence-corrected chi connectivity index (χ4v) is 2.85. The number of nitrogens with zero attached hydrogens (tertiary/aromatic N) is 1. The lowest BCUT2D eigenvalue weighted by atomic mass is 10.1. The van der Waals surface area contributed by atoms with Crippen LogP contribution in [0.5, 0.6) is 5.75 Å². The smallest absolute Gasteiger partial charge is 0.335 e. The Morgan fingerprint density at radius 1 is 1.30 bits per heavy atom. The number of aryl methyl sites for hydroxylation is 2. The summed E-state index contributed by atoms with van der Waals surface area (Å²) in [7, 11) is 0. The average Bonchev–Trinajstić information content (AvgIpc) is 2.79. The zero-order chi connectivity index (χ0) is 17.1. The number of benzene rings is 1. The minimum Gasteiger partial charge on any atom is -0.489 e. The molecule has 2 N–H and O–H groups in total. The Hall–Kier alpha value is -2.41. The van der Waals surface area contributed by atoms with Gasteiger partial charge in [0.15, 0.2) is 0 Å². The third-order valence-corrected chi connectivity index (χ3v) is 3.84. The fourth-order valence-electron chi connectivity index (χ4n) is 2.04. The van der Waals surface area contributed by atoms with Crippen LogP contribution in [0.1, 0.15) is 44.6 Å². The first kappa shape index (κ1) is 17.0. The van der Waals surface area contributed by atoms with E-state index in [1.807, 2.05) is 27.7 Å². The Balaban J connectivity index is 2.35. The minimum atomic E-state index is -1.07. The third-order valence-electron chi connectivity index (χ3n) is 2.96. The van der Waals surface area contributed by atoms with Crippen molar-refractivity contribution in [1.82, 2.24) is 4.98 Å². The predicted octanol–water partition coefficient (Wildman–Crippen LogP) is 3.50. The van der Waals surface area contributed by atoms with Crippen LogP contribution in [0, 0.1) is 13.8 Å². The lowest BCUT2D eigenvalue weighted by molar-refractivity contribution is 0.0696. The van der Waals surface area contributed by atoms with Crippen LogP contribution >= 0.6 is 11.3 Å². The second-order valence-electron chi connectivity index (χ2n) is 5.27. The van der Waals surface area contributed by atoms with Gasteiger partial charge < -0.3 is 15.2 Å². The normalized spacial score (nSPS) is 10.7. The van der Waals surface area contributed by atoms with E-state index in [-0.39, 0.29) is 17.6 Å². The number of hydrogen-bond donors (Lipinski definition) is 2. The van der Waals surface area contributed by atoms with Crippen LogP contribution < -0.4 is 10.1 Å². The molecule has 0 spiro atoms. The summed E-state index contributed by atoms with van der Waals surface area (Å²) in [6, 6.07) is 4.36. The molecule has 1 amide bonds. The number of aromatic nitrogens is 1. The largest absolute Gasteiger partial charge is 0.489 e. The third kappa shape index (κ3) is 4.07. The summed E-state index contributed by atoms with van der Waals surface area (Å²) in [6.07, 6.45) is -0.107. The summed E-state index contributed by atoms with van der Waals surface area (Å²) in [6.45, 7) is 7.35. The van der Waals surface area contributed by atoms with Gasteiger partial charge in [-0.1, -0.05) is 0 Å². The number of aromatic carboxylic acids is 1. The number of carbonyl (C=O) groups excluding carboxylic acids is 1. The van der Waals surface area contributed by atoms with Crippen LogP contribution in [0.3, 0.4) is 0 Å². The first-order valence-corrected chi connectivity index (χ1v) is 7.89. The van der Waals surface area contributed by atoms with Crippen LogP contribution in [0.25, 0.3) is 0 Å². The number of carbonyl (C=O) groups is 2. The Morgan fingerprint density at radius 3 is 2.52 bits per heavy atom. The molecule has 1 aromatic heterocycles. The highest BCUT2D eigenvalue weighted by molar-refractivity contribution is 7.11. The van der Waals surface area contributed by atoms with Gasteiger partial charge in [0.1, 0.15) is 11.4 Å². The zero-order valence-electron chi connectivity index (χ0n) is 13.3. The van der Waals surface area contributed by atoms with E-state index in [4.69, 9.17) is 9.84 Å². The van der Waals surface area contributed by atoms with Crippen molar-refractivity contribution in [3.05, 3.63) is 39.3 Å². The molecule has 6 nitrogen and oxygen atoms in total. The Morgan fingerprint density at radius 2 is 2.00 bits per heavy atom. The minimum absolute atomic E-state index is 0.0718. The zero-order valence-corrected chi connectivity index (χ0v) is 14.2. The van der Waals surface area contributed by atoms with E-state index in [9.17, 15) is 9.59 Å². The van der Waals surface area contributed by atoms with Gasteiger partial charge in [-0.15, -0.1) is 11.3 Å². The molecule has 0 unspecified atom stereocenters. The summed E-state index contributed by atoms with van der Waals surface area (Å²) in [5, 5.41) is 12.6. The molecule has 0 aliphatic heterocycles. The fraction of sp³-hybridized carbons (Fsp3) is 0.312. The highest BCUT2D eigenvalue weighted by atomic mass is 32.1. The molecular formula is C16H18N2O4S. The van der Waals surface area contributed by atoms with E-state index >= 15 is 0 Å². The molecule has 0 atom stereocenters. The molecule has 2 aromatic rings. The molecule has 2 rings (SSSR count). The second kappa shape index (κ2) is 6.78. The highest BCUT2D eigenvalue weighted by Crippen LogP contribution is 2.28. The van der Waals surface area contributed by atoms with Crippen LogP contribution in [0.2, 0.25) is 0 Å². The van der Waals surface area contributed by atoms with Crippen LogP contribution in [-0.2, 0) is 0 Å². The van der Waals surface area contributed by atoms with Crippen LogP contribution in [-0.4, -0.2) is 28.1 Å². The number of amides is 1. The van der Waals surface area contributed by atoms with E-state index in [1.54, 1.807) is 0 Å². The average molecular weight is 334 g/mol. The van der Waals surface area contributed by atoms with Gasteiger partial charge in [0.25, 0.3) is 5.91 Å². The highest BCUT2D eigenvalue weighted by Gasteiger charge is 2.18. The van der Waals surface area contributed by atoms with Gasteiger partial charge in [0.2, 0.25) is 0 Å². The molecule has 7 heteroatoms. The summed E-state index contributed by atoms with van der Waals surface area (Å²) in [5.41, 5.74) is 0.722. The molecule has 0 bridgehead atoms. The van der Waals surface area contributed by atoms with Gasteiger partial charge in [0.05, 0.1) is 22.4 Å². The lowest BCUT2D eigenvalue weighted by Gasteiger charge is -2.15. The standard InChI is InChI=1S/C16H18N2O4S/c1-8(2)22-13-6-5-11(16(20)21)7-12(13)18-15(19)14-9(3)23-10(4)17-14/h5-8H,1-4H3,(H,18,19)(H,20,21). The van der Waals surface area contributed by atoms with Crippen molar-refractivity contribution in [3.8, 4) is 5.75 Å². The van der Waals surface area contributed by atoms with E-state index in [1.165, 1.54) is 29.5 Å². The molecule has 0 radical (unpaired) electrons. The first-order chi connectivity index (χ1) is 10.8. The second-order valence-corrected chi connectivity index (χ2v) is 6.68. The van der Waals surface area contributed by atoms with Crippen LogP contribution in [0.4, 0.5) is 5.69 Å². The molecular weight excluding hydrogens is 316 g/mol. The Kier molecular flexibility index (Phi) is 5.00. The van der Waals surface area contributed by atoms with E-state index in [0.29, 0.717) is 17.1 Å². The van der Waals surface area contributed by atoms with Crippen molar-refractivity contribution in [2.45, 2.75) is 33.8 Å². The van der Waals surface area contributed by atoms with E-state index in [0.717, 1.165) is 9.88 Å². The topological polar surface area (TPSA) is 88.5 Å². The quantitative estimate of drug-likeness (QED) is 0.873. The Bertz CT molecular complexity index is 753. The summed E-state index contributed by atoms with van der Waals surface area (Å²) < 4.78 is 5.63. The molecule has 1 aromatic carbocycles. The maximum atomic E-state index is 12.4. The van der Waals surface area contributed by atoms with Crippen molar-refractivity contribution in [2.24, 2.45) is 0 Å². The van der Waals surface area contributed by atoms with Gasteiger partial charge in [0, 0.05) is 4.88 Å². The molecule has 1 heterocycles. The number of anilines is 1. The summed E-state index contributed by atoms with van der Waals surface area (Å²) in [5.74, 6) is -1.04. The maximum Gasteiger partial charge on any atom is 0.335 e. The first-order valence-electron chi connectivity index (χ1n) is 7.07. The molecule has 0 saturated carbocycles. The van der Waals surface area contributed by atoms with Crippen molar-refractivity contribution in [2.75, 3.05) is 5.32 Å². The number of ether oxygens (including phenoxy) is 1. The Labute approximate surface area is 138 Å². The lowest BCUT2D eigenvalue weighted by Crippen LogP contribution is -2.16. The SMILES string of the molecule is Cc1nc(C(=O)Nc2cc(C(=O)O)ccc2OC(C)C)c(C)s1. The monoisotopic (exact) mass is 334 g/mol. The van der Waals surface area contributed by atoms with Gasteiger partial charge in [-0.3, -0.25) is 4.79 Å². The number of rotatable bonds is 5. The van der Waals surface area contributed by atoms with Crippen LogP contribution in [0.15, 0.2) is 18.2 Å². The van der Waals surface area contributed by atoms with Crippen molar-refractivity contribution >= 4 is 28.9 Å². The molecule has 0 aliphatic rings. The number of nitrogens with one attached hydrogen (secondary N) is 1. The number of carboxylic acid groups (broad SMARTS) is 1. The maximum absolute atomic E-state index is 12.4.